The summed E-state index contributed by atoms with van der Waals surface area (Å²) in [6, 6.07) is 24.8. The van der Waals surface area contributed by atoms with Crippen LogP contribution < -0.4 is 4.90 Å². The van der Waals surface area contributed by atoms with E-state index in [1.165, 1.54) is 5.56 Å². The zero-order valence-corrected chi connectivity index (χ0v) is 18.2. The van der Waals surface area contributed by atoms with Gasteiger partial charge in [0.25, 0.3) is 5.69 Å². The monoisotopic (exact) mass is 443 g/mol. The van der Waals surface area contributed by atoms with Crippen molar-refractivity contribution < 1.29 is 14.5 Å². The Kier molecular flexibility index (Phi) is 5.46. The molecule has 5 rings (SSSR count). The van der Waals surface area contributed by atoms with Crippen LogP contribution >= 0.6 is 0 Å². The predicted octanol–water partition coefficient (Wildman–Crippen LogP) is 5.42. The minimum Gasteiger partial charge on any atom is -0.445 e. The number of nitro groups is 1. The van der Waals surface area contributed by atoms with Gasteiger partial charge in [-0.1, -0.05) is 48.5 Å². The number of fused-ring (bicyclic) bond motifs is 2. The molecule has 2 aliphatic rings. The van der Waals surface area contributed by atoms with Crippen molar-refractivity contribution in [1.29, 1.82) is 0 Å². The van der Waals surface area contributed by atoms with Crippen LogP contribution in [-0.4, -0.2) is 35.6 Å². The highest BCUT2D eigenvalue weighted by Gasteiger charge is 2.45. The van der Waals surface area contributed by atoms with E-state index in [1.54, 1.807) is 17.0 Å². The maximum atomic E-state index is 12.6. The highest BCUT2D eigenvalue weighted by molar-refractivity contribution is 5.74. The third-order valence-corrected chi connectivity index (χ3v) is 6.78. The third kappa shape index (κ3) is 4.02. The van der Waals surface area contributed by atoms with Gasteiger partial charge in [0.1, 0.15) is 6.61 Å². The van der Waals surface area contributed by atoms with Crippen LogP contribution in [0.25, 0.3) is 0 Å². The molecule has 7 heteroatoms. The number of ether oxygens (including phenoxy) is 1. The van der Waals surface area contributed by atoms with Gasteiger partial charge in [0.15, 0.2) is 0 Å². The van der Waals surface area contributed by atoms with Crippen LogP contribution in [0, 0.1) is 10.1 Å². The number of rotatable bonds is 4. The normalized spacial score (nSPS) is 16.5. The minimum absolute atomic E-state index is 0.0609. The Morgan fingerprint density at radius 3 is 2.30 bits per heavy atom. The standard InChI is InChI=1S/C26H25N3O4/c30-25(33-18-20-6-2-1-3-7-20)27-16-14-26(15-17-27)19-28(24-9-5-4-8-23(24)26)21-10-12-22(13-11-21)29(31)32/h1-13H,14-19H2. The SMILES string of the molecule is O=C(OCc1ccccc1)N1CCC2(CC1)CN(c1ccc([N+](=O)[O-])cc1)c1ccccc12. The largest absolute Gasteiger partial charge is 0.445 e. The molecule has 1 spiro atoms. The number of carbonyl (C=O) groups is 1. The van der Waals surface area contributed by atoms with Gasteiger partial charge in [-0.3, -0.25) is 10.1 Å². The highest BCUT2D eigenvalue weighted by Crippen LogP contribution is 2.49. The fourth-order valence-corrected chi connectivity index (χ4v) is 4.97. The summed E-state index contributed by atoms with van der Waals surface area (Å²) in [4.78, 5) is 27.3. The Bertz CT molecular complexity index is 1160. The summed E-state index contributed by atoms with van der Waals surface area (Å²) in [7, 11) is 0. The number of para-hydroxylation sites is 1. The van der Waals surface area contributed by atoms with Gasteiger partial charge in [-0.05, 0) is 42.2 Å². The second-order valence-corrected chi connectivity index (χ2v) is 8.68. The van der Waals surface area contributed by atoms with Crippen molar-refractivity contribution in [2.75, 3.05) is 24.5 Å². The Labute approximate surface area is 192 Å². The summed E-state index contributed by atoms with van der Waals surface area (Å²) in [5, 5.41) is 11.0. The molecule has 0 N–H and O–H groups in total. The number of carbonyl (C=O) groups excluding carboxylic acids is 1. The van der Waals surface area contributed by atoms with E-state index in [9.17, 15) is 14.9 Å². The molecule has 0 unspecified atom stereocenters. The van der Waals surface area contributed by atoms with Gasteiger partial charge in [0.05, 0.1) is 4.92 Å². The summed E-state index contributed by atoms with van der Waals surface area (Å²) < 4.78 is 5.53. The first-order valence-electron chi connectivity index (χ1n) is 11.1. The average Bonchev–Trinajstić information content (AvgIpc) is 3.18. The predicted molar refractivity (Wildman–Crippen MR) is 126 cm³/mol. The lowest BCUT2D eigenvalue weighted by Gasteiger charge is -2.39. The number of likely N-dealkylation sites (tertiary alicyclic amines) is 1. The van der Waals surface area contributed by atoms with Crippen molar-refractivity contribution in [2.24, 2.45) is 0 Å². The maximum Gasteiger partial charge on any atom is 0.410 e. The molecule has 0 radical (unpaired) electrons. The lowest BCUT2D eigenvalue weighted by atomic mass is 9.74. The first-order valence-corrected chi connectivity index (χ1v) is 11.1. The molecule has 0 bridgehead atoms. The van der Waals surface area contributed by atoms with Crippen molar-refractivity contribution in [3.8, 4) is 0 Å². The topological polar surface area (TPSA) is 75.9 Å². The molecule has 0 aliphatic carbocycles. The van der Waals surface area contributed by atoms with Gasteiger partial charge in [-0.25, -0.2) is 4.79 Å². The molecule has 3 aromatic rings. The van der Waals surface area contributed by atoms with E-state index >= 15 is 0 Å². The van der Waals surface area contributed by atoms with Gasteiger partial charge < -0.3 is 14.5 Å². The number of non-ortho nitro benzene ring substituents is 1. The third-order valence-electron chi connectivity index (χ3n) is 6.78. The number of nitrogens with zero attached hydrogens (tertiary/aromatic N) is 3. The van der Waals surface area contributed by atoms with E-state index in [-0.39, 0.29) is 28.7 Å². The summed E-state index contributed by atoms with van der Waals surface area (Å²) in [6.45, 7) is 2.33. The molecule has 1 amide bonds. The Balaban J connectivity index is 1.29. The van der Waals surface area contributed by atoms with Crippen molar-refractivity contribution >= 4 is 23.2 Å². The first-order chi connectivity index (χ1) is 16.1. The summed E-state index contributed by atoms with van der Waals surface area (Å²) in [6.07, 6.45) is 1.41. The molecule has 0 saturated carbocycles. The molecule has 2 aliphatic heterocycles. The number of amides is 1. The van der Waals surface area contributed by atoms with Crippen LogP contribution in [0.15, 0.2) is 78.9 Å². The van der Waals surface area contributed by atoms with Gasteiger partial charge >= 0.3 is 6.09 Å². The van der Waals surface area contributed by atoms with Crippen molar-refractivity contribution in [2.45, 2.75) is 24.9 Å². The van der Waals surface area contributed by atoms with E-state index < -0.39 is 0 Å². The van der Waals surface area contributed by atoms with Gasteiger partial charge in [-0.15, -0.1) is 0 Å². The number of hydrogen-bond acceptors (Lipinski definition) is 5. The number of nitro benzene ring substituents is 1. The molecule has 33 heavy (non-hydrogen) atoms. The van der Waals surface area contributed by atoms with Crippen LogP contribution in [0.3, 0.4) is 0 Å². The molecule has 2 heterocycles. The molecular weight excluding hydrogens is 418 g/mol. The minimum atomic E-state index is -0.379. The molecule has 0 atom stereocenters. The number of benzene rings is 3. The zero-order chi connectivity index (χ0) is 22.8. The lowest BCUT2D eigenvalue weighted by Crippen LogP contribution is -2.47. The van der Waals surface area contributed by atoms with E-state index in [0.717, 1.165) is 36.3 Å². The van der Waals surface area contributed by atoms with E-state index in [2.05, 4.69) is 23.1 Å². The quantitative estimate of drug-likeness (QED) is 0.398. The first kappa shape index (κ1) is 21.0. The van der Waals surface area contributed by atoms with Crippen LogP contribution in [0.1, 0.15) is 24.0 Å². The van der Waals surface area contributed by atoms with Crippen LogP contribution in [0.4, 0.5) is 21.9 Å². The van der Waals surface area contributed by atoms with Gasteiger partial charge in [0, 0.05) is 48.6 Å². The van der Waals surface area contributed by atoms with Crippen LogP contribution in [-0.2, 0) is 16.8 Å². The fourth-order valence-electron chi connectivity index (χ4n) is 4.97. The second-order valence-electron chi connectivity index (χ2n) is 8.68. The molecule has 1 saturated heterocycles. The molecule has 3 aromatic carbocycles. The average molecular weight is 444 g/mol. The highest BCUT2D eigenvalue weighted by atomic mass is 16.6. The van der Waals surface area contributed by atoms with E-state index in [4.69, 9.17) is 4.74 Å². The van der Waals surface area contributed by atoms with Crippen molar-refractivity contribution in [1.82, 2.24) is 4.90 Å². The molecule has 7 nitrogen and oxygen atoms in total. The smallest absolute Gasteiger partial charge is 0.410 e. The van der Waals surface area contributed by atoms with Gasteiger partial charge in [-0.2, -0.15) is 0 Å². The maximum absolute atomic E-state index is 12.6. The fraction of sp³-hybridized carbons (Fsp3) is 0.269. The zero-order valence-electron chi connectivity index (χ0n) is 18.2. The Morgan fingerprint density at radius 1 is 0.939 bits per heavy atom. The number of piperidine rings is 1. The van der Waals surface area contributed by atoms with Gasteiger partial charge in [0.2, 0.25) is 0 Å². The molecule has 1 fully saturated rings. The Morgan fingerprint density at radius 2 is 1.61 bits per heavy atom. The number of hydrogen-bond donors (Lipinski definition) is 0. The summed E-state index contributed by atoms with van der Waals surface area (Å²) in [5.41, 5.74) is 4.35. The lowest BCUT2D eigenvalue weighted by molar-refractivity contribution is -0.384. The summed E-state index contributed by atoms with van der Waals surface area (Å²) >= 11 is 0. The Hall–Kier alpha value is -3.87. The van der Waals surface area contributed by atoms with Crippen molar-refractivity contribution in [3.05, 3.63) is 100 Å². The molecule has 168 valence electrons. The van der Waals surface area contributed by atoms with E-state index in [1.807, 2.05) is 48.5 Å². The number of anilines is 2. The molecule has 0 aromatic heterocycles. The second kappa shape index (κ2) is 8.58. The summed E-state index contributed by atoms with van der Waals surface area (Å²) in [5.74, 6) is 0. The van der Waals surface area contributed by atoms with Crippen molar-refractivity contribution in [3.63, 3.8) is 0 Å². The molecular formula is C26H25N3O4. The van der Waals surface area contributed by atoms with Crippen LogP contribution in [0.5, 0.6) is 0 Å². The van der Waals surface area contributed by atoms with Crippen LogP contribution in [0.2, 0.25) is 0 Å². The van der Waals surface area contributed by atoms with E-state index in [0.29, 0.717) is 13.1 Å².